The molecule has 0 unspecified atom stereocenters. The molecule has 118 valence electrons. The highest BCUT2D eigenvalue weighted by Gasteiger charge is 2.33. The van der Waals surface area contributed by atoms with Crippen molar-refractivity contribution in [3.8, 4) is 0 Å². The Morgan fingerprint density at radius 2 is 1.76 bits per heavy atom. The van der Waals surface area contributed by atoms with Gasteiger partial charge in [0.25, 0.3) is 0 Å². The number of hydrogen-bond donors (Lipinski definition) is 2. The monoisotopic (exact) mass is 310 g/mol. The van der Waals surface area contributed by atoms with Crippen molar-refractivity contribution in [3.05, 3.63) is 23.3 Å². The molecular formula is C16H26N2O2S. The fourth-order valence-electron chi connectivity index (χ4n) is 3.15. The van der Waals surface area contributed by atoms with Crippen molar-refractivity contribution in [3.63, 3.8) is 0 Å². The Hall–Kier alpha value is -1.07. The van der Waals surface area contributed by atoms with Crippen LogP contribution in [0.15, 0.2) is 17.0 Å². The van der Waals surface area contributed by atoms with Gasteiger partial charge in [0.2, 0.25) is 10.0 Å². The summed E-state index contributed by atoms with van der Waals surface area (Å²) in [4.78, 5) is 0.204. The minimum absolute atomic E-state index is 0.127. The predicted octanol–water partition coefficient (Wildman–Crippen LogP) is 3.13. The highest BCUT2D eigenvalue weighted by atomic mass is 32.2. The molecule has 1 aliphatic carbocycles. The van der Waals surface area contributed by atoms with Gasteiger partial charge in [-0.1, -0.05) is 19.8 Å². The molecule has 1 fully saturated rings. The Morgan fingerprint density at radius 3 is 2.33 bits per heavy atom. The lowest BCUT2D eigenvalue weighted by Gasteiger charge is -2.27. The first kappa shape index (κ1) is 16.3. The molecule has 1 aromatic rings. The van der Waals surface area contributed by atoms with Crippen LogP contribution in [-0.4, -0.2) is 15.0 Å². The SMILES string of the molecule is CCC1(CNS(=O)(=O)c2cc(C)c(C)cc2N)CCCC1. The highest BCUT2D eigenvalue weighted by molar-refractivity contribution is 7.89. The van der Waals surface area contributed by atoms with E-state index >= 15 is 0 Å². The van der Waals surface area contributed by atoms with Gasteiger partial charge in [-0.05, 0) is 61.8 Å². The first-order valence-electron chi connectivity index (χ1n) is 7.66. The smallest absolute Gasteiger partial charge is 0.242 e. The lowest BCUT2D eigenvalue weighted by molar-refractivity contribution is 0.285. The Morgan fingerprint density at radius 1 is 1.19 bits per heavy atom. The average Bonchev–Trinajstić information content (AvgIpc) is 2.90. The molecule has 0 aromatic heterocycles. The molecule has 2 rings (SSSR count). The van der Waals surface area contributed by atoms with E-state index in [4.69, 9.17) is 5.73 Å². The number of benzene rings is 1. The Balaban J connectivity index is 2.21. The maximum absolute atomic E-state index is 12.5. The quantitative estimate of drug-likeness (QED) is 0.821. The molecule has 1 aromatic carbocycles. The van der Waals surface area contributed by atoms with Crippen molar-refractivity contribution in [1.29, 1.82) is 0 Å². The summed E-state index contributed by atoms with van der Waals surface area (Å²) in [5, 5.41) is 0. The zero-order valence-corrected chi connectivity index (χ0v) is 14.0. The summed E-state index contributed by atoms with van der Waals surface area (Å²) < 4.78 is 27.9. The van der Waals surface area contributed by atoms with E-state index in [0.717, 1.165) is 30.4 Å². The van der Waals surface area contributed by atoms with E-state index in [9.17, 15) is 8.42 Å². The van der Waals surface area contributed by atoms with Crippen LogP contribution in [-0.2, 0) is 10.0 Å². The molecule has 0 aliphatic heterocycles. The fraction of sp³-hybridized carbons (Fsp3) is 0.625. The van der Waals surface area contributed by atoms with Crippen LogP contribution in [0.1, 0.15) is 50.2 Å². The maximum atomic E-state index is 12.5. The number of nitrogen functional groups attached to an aromatic ring is 1. The van der Waals surface area contributed by atoms with Gasteiger partial charge in [0, 0.05) is 6.54 Å². The van der Waals surface area contributed by atoms with Crippen molar-refractivity contribution in [1.82, 2.24) is 4.72 Å². The van der Waals surface area contributed by atoms with Crippen molar-refractivity contribution >= 4 is 15.7 Å². The number of nitrogens with one attached hydrogen (secondary N) is 1. The first-order valence-corrected chi connectivity index (χ1v) is 9.14. The third kappa shape index (κ3) is 3.40. The molecule has 0 amide bonds. The molecule has 0 spiro atoms. The van der Waals surface area contributed by atoms with E-state index in [1.54, 1.807) is 12.1 Å². The van der Waals surface area contributed by atoms with E-state index in [1.807, 2.05) is 13.8 Å². The zero-order valence-electron chi connectivity index (χ0n) is 13.2. The number of aryl methyl sites for hydroxylation is 2. The number of sulfonamides is 1. The third-order valence-corrected chi connectivity index (χ3v) is 6.42. The van der Waals surface area contributed by atoms with Gasteiger partial charge in [0.1, 0.15) is 4.90 Å². The molecule has 0 radical (unpaired) electrons. The number of rotatable bonds is 5. The largest absolute Gasteiger partial charge is 0.398 e. The standard InChI is InChI=1S/C16H26N2O2S/c1-4-16(7-5-6-8-16)11-18-21(19,20)15-10-13(3)12(2)9-14(15)17/h9-10,18H,4-8,11,17H2,1-3H3. The summed E-state index contributed by atoms with van der Waals surface area (Å²) in [6, 6.07) is 3.40. The Labute approximate surface area is 128 Å². The highest BCUT2D eigenvalue weighted by Crippen LogP contribution is 2.40. The first-order chi connectivity index (χ1) is 9.80. The molecule has 5 heteroatoms. The second-order valence-corrected chi connectivity index (χ2v) is 8.09. The van der Waals surface area contributed by atoms with Crippen LogP contribution in [0.5, 0.6) is 0 Å². The molecular weight excluding hydrogens is 284 g/mol. The number of nitrogens with two attached hydrogens (primary N) is 1. The lowest BCUT2D eigenvalue weighted by atomic mass is 9.84. The van der Waals surface area contributed by atoms with E-state index < -0.39 is 10.0 Å². The average molecular weight is 310 g/mol. The molecule has 4 nitrogen and oxygen atoms in total. The van der Waals surface area contributed by atoms with Crippen LogP contribution in [0.4, 0.5) is 5.69 Å². The van der Waals surface area contributed by atoms with Gasteiger partial charge in [-0.3, -0.25) is 0 Å². The van der Waals surface area contributed by atoms with Crippen molar-refractivity contribution in [2.75, 3.05) is 12.3 Å². The summed E-state index contributed by atoms with van der Waals surface area (Å²) >= 11 is 0. The summed E-state index contributed by atoms with van der Waals surface area (Å²) in [6.07, 6.45) is 5.61. The normalized spacial score (nSPS) is 18.0. The van der Waals surface area contributed by atoms with Crippen LogP contribution in [0.3, 0.4) is 0 Å². The molecule has 0 atom stereocenters. The van der Waals surface area contributed by atoms with Gasteiger partial charge in [-0.2, -0.15) is 0 Å². The Kier molecular flexibility index (Phi) is 4.63. The van der Waals surface area contributed by atoms with Crippen molar-refractivity contribution < 1.29 is 8.42 Å². The molecule has 0 bridgehead atoms. The topological polar surface area (TPSA) is 72.2 Å². The fourth-order valence-corrected chi connectivity index (χ4v) is 4.50. The maximum Gasteiger partial charge on any atom is 0.242 e. The second-order valence-electron chi connectivity index (χ2n) is 6.36. The van der Waals surface area contributed by atoms with Gasteiger partial charge in [-0.25, -0.2) is 13.1 Å². The van der Waals surface area contributed by atoms with Crippen molar-refractivity contribution in [2.24, 2.45) is 5.41 Å². The van der Waals surface area contributed by atoms with Crippen molar-refractivity contribution in [2.45, 2.75) is 57.8 Å². The van der Waals surface area contributed by atoms with Crippen LogP contribution >= 0.6 is 0 Å². The van der Waals surface area contributed by atoms with E-state index in [1.165, 1.54) is 12.8 Å². The minimum Gasteiger partial charge on any atom is -0.398 e. The van der Waals surface area contributed by atoms with Crippen LogP contribution in [0, 0.1) is 19.3 Å². The van der Waals surface area contributed by atoms with E-state index in [0.29, 0.717) is 12.2 Å². The van der Waals surface area contributed by atoms with E-state index in [-0.39, 0.29) is 10.3 Å². The molecule has 1 saturated carbocycles. The molecule has 0 saturated heterocycles. The van der Waals surface area contributed by atoms with Crippen LogP contribution in [0.25, 0.3) is 0 Å². The summed E-state index contributed by atoms with van der Waals surface area (Å²) in [7, 11) is -3.54. The molecule has 0 heterocycles. The molecule has 1 aliphatic rings. The Bertz CT molecular complexity index is 617. The number of anilines is 1. The van der Waals surface area contributed by atoms with Gasteiger partial charge < -0.3 is 5.73 Å². The van der Waals surface area contributed by atoms with Gasteiger partial charge in [0.15, 0.2) is 0 Å². The van der Waals surface area contributed by atoms with E-state index in [2.05, 4.69) is 11.6 Å². The summed E-state index contributed by atoms with van der Waals surface area (Å²) in [5.41, 5.74) is 8.30. The zero-order chi connectivity index (χ0) is 15.7. The van der Waals surface area contributed by atoms with Gasteiger partial charge >= 0.3 is 0 Å². The summed E-state index contributed by atoms with van der Waals surface area (Å²) in [5.74, 6) is 0. The van der Waals surface area contributed by atoms with Gasteiger partial charge in [-0.15, -0.1) is 0 Å². The van der Waals surface area contributed by atoms with Crippen LogP contribution < -0.4 is 10.5 Å². The lowest BCUT2D eigenvalue weighted by Crippen LogP contribution is -2.36. The third-order valence-electron chi connectivity index (χ3n) is 4.97. The number of hydrogen-bond acceptors (Lipinski definition) is 3. The summed E-state index contributed by atoms with van der Waals surface area (Å²) in [6.45, 7) is 6.49. The van der Waals surface area contributed by atoms with Gasteiger partial charge in [0.05, 0.1) is 5.69 Å². The second kappa shape index (κ2) is 5.97. The van der Waals surface area contributed by atoms with Crippen LogP contribution in [0.2, 0.25) is 0 Å². The molecule has 21 heavy (non-hydrogen) atoms. The minimum atomic E-state index is -3.54. The predicted molar refractivity (Wildman–Crippen MR) is 86.7 cm³/mol. The molecule has 3 N–H and O–H groups in total.